The molecular formula is C20H32N4O2. The maximum atomic E-state index is 5.75. The molecule has 0 saturated carbocycles. The number of hydrogen-bond donors (Lipinski definition) is 2. The summed E-state index contributed by atoms with van der Waals surface area (Å²) in [6.45, 7) is 5.91. The molecule has 2 N–H and O–H groups in total. The highest BCUT2D eigenvalue weighted by molar-refractivity contribution is 5.80. The first-order valence-electron chi connectivity index (χ1n) is 9.70. The summed E-state index contributed by atoms with van der Waals surface area (Å²) in [5.74, 6) is 2.57. The van der Waals surface area contributed by atoms with Gasteiger partial charge in [0.25, 0.3) is 0 Å². The van der Waals surface area contributed by atoms with Crippen molar-refractivity contribution < 1.29 is 9.47 Å². The molecule has 6 heteroatoms. The monoisotopic (exact) mass is 360 g/mol. The van der Waals surface area contributed by atoms with E-state index in [0.717, 1.165) is 57.5 Å². The molecule has 26 heavy (non-hydrogen) atoms. The van der Waals surface area contributed by atoms with Gasteiger partial charge in [-0.15, -0.1) is 0 Å². The van der Waals surface area contributed by atoms with Gasteiger partial charge in [0.1, 0.15) is 5.75 Å². The van der Waals surface area contributed by atoms with E-state index < -0.39 is 0 Å². The lowest BCUT2D eigenvalue weighted by Crippen LogP contribution is -2.45. The van der Waals surface area contributed by atoms with Crippen molar-refractivity contribution >= 4 is 5.96 Å². The highest BCUT2D eigenvalue weighted by Crippen LogP contribution is 2.31. The molecule has 0 aliphatic carbocycles. The van der Waals surface area contributed by atoms with Crippen molar-refractivity contribution in [2.45, 2.75) is 25.3 Å². The van der Waals surface area contributed by atoms with Crippen LogP contribution in [0, 0.1) is 5.92 Å². The van der Waals surface area contributed by atoms with E-state index in [9.17, 15) is 0 Å². The Labute approximate surface area is 157 Å². The minimum atomic E-state index is 0.252. The summed E-state index contributed by atoms with van der Waals surface area (Å²) in [5.41, 5.74) is 1.22. The van der Waals surface area contributed by atoms with E-state index in [4.69, 9.17) is 9.47 Å². The summed E-state index contributed by atoms with van der Waals surface area (Å²) in [6, 6.07) is 8.51. The van der Waals surface area contributed by atoms with Gasteiger partial charge in [-0.2, -0.15) is 0 Å². The first-order chi connectivity index (χ1) is 12.8. The molecule has 1 aromatic carbocycles. The lowest BCUT2D eigenvalue weighted by molar-refractivity contribution is 0.121. The summed E-state index contributed by atoms with van der Waals surface area (Å²) in [5, 5.41) is 7.10. The number of ether oxygens (including phenoxy) is 2. The van der Waals surface area contributed by atoms with Gasteiger partial charge in [0.15, 0.2) is 5.96 Å². The number of methoxy groups -OCH3 is 1. The predicted molar refractivity (Wildman–Crippen MR) is 105 cm³/mol. The molecule has 1 fully saturated rings. The number of guanidine groups is 1. The molecule has 0 amide bonds. The minimum absolute atomic E-state index is 0.252. The normalized spacial score (nSPS) is 21.8. The maximum absolute atomic E-state index is 5.75. The summed E-state index contributed by atoms with van der Waals surface area (Å²) < 4.78 is 10.9. The zero-order valence-electron chi connectivity index (χ0n) is 16.0. The van der Waals surface area contributed by atoms with Gasteiger partial charge in [-0.05, 0) is 37.9 Å². The van der Waals surface area contributed by atoms with E-state index in [1.54, 1.807) is 7.11 Å². The van der Waals surface area contributed by atoms with Crippen LogP contribution in [0.4, 0.5) is 0 Å². The molecule has 2 aliphatic rings. The number of para-hydroxylation sites is 1. The number of nitrogens with one attached hydrogen (secondary N) is 2. The van der Waals surface area contributed by atoms with Crippen LogP contribution >= 0.6 is 0 Å². The lowest BCUT2D eigenvalue weighted by atomic mass is 9.97. The molecule has 0 aromatic heterocycles. The second kappa shape index (κ2) is 9.78. The van der Waals surface area contributed by atoms with E-state index >= 15 is 0 Å². The van der Waals surface area contributed by atoms with Gasteiger partial charge in [0, 0.05) is 39.2 Å². The second-order valence-electron chi connectivity index (χ2n) is 7.10. The molecule has 6 nitrogen and oxygen atoms in total. The smallest absolute Gasteiger partial charge is 0.191 e. The highest BCUT2D eigenvalue weighted by atomic mass is 16.5. The number of fused-ring (bicyclic) bond motifs is 1. The van der Waals surface area contributed by atoms with Crippen molar-refractivity contribution in [3.63, 3.8) is 0 Å². The maximum Gasteiger partial charge on any atom is 0.191 e. The fraction of sp³-hybridized carbons (Fsp3) is 0.650. The highest BCUT2D eigenvalue weighted by Gasteiger charge is 2.23. The van der Waals surface area contributed by atoms with Gasteiger partial charge in [0.05, 0.1) is 19.3 Å². The number of hydrogen-bond acceptors (Lipinski definition) is 4. The zero-order valence-corrected chi connectivity index (χ0v) is 16.0. The van der Waals surface area contributed by atoms with E-state index in [1.165, 1.54) is 18.4 Å². The topological polar surface area (TPSA) is 58.1 Å². The SMILES string of the molecule is CN=C(NCC1CCN(CCOC)CC1)NC1CCOc2ccccc21. The third kappa shape index (κ3) is 5.11. The van der Waals surface area contributed by atoms with Crippen LogP contribution in [0.1, 0.15) is 30.9 Å². The molecule has 1 saturated heterocycles. The van der Waals surface area contributed by atoms with Gasteiger partial charge >= 0.3 is 0 Å². The Morgan fingerprint density at radius 1 is 1.27 bits per heavy atom. The number of likely N-dealkylation sites (tertiary alicyclic amines) is 1. The summed E-state index contributed by atoms with van der Waals surface area (Å²) in [4.78, 5) is 6.91. The molecule has 0 spiro atoms. The average molecular weight is 361 g/mol. The standard InChI is InChI=1S/C20H32N4O2/c1-21-20(22-15-16-7-10-24(11-8-16)12-14-25-2)23-18-9-13-26-19-6-4-3-5-17(18)19/h3-6,16,18H,7-15H2,1-2H3,(H2,21,22,23). The Balaban J connectivity index is 1.45. The Morgan fingerprint density at radius 2 is 2.08 bits per heavy atom. The van der Waals surface area contributed by atoms with Gasteiger partial charge in [-0.1, -0.05) is 18.2 Å². The van der Waals surface area contributed by atoms with Crippen LogP contribution in [0.2, 0.25) is 0 Å². The fourth-order valence-electron chi connectivity index (χ4n) is 3.73. The number of aliphatic imine (C=N–C) groups is 1. The van der Waals surface area contributed by atoms with Crippen LogP contribution in [0.3, 0.4) is 0 Å². The average Bonchev–Trinajstić information content (AvgIpc) is 2.70. The van der Waals surface area contributed by atoms with E-state index in [1.807, 2.05) is 19.2 Å². The molecule has 144 valence electrons. The van der Waals surface area contributed by atoms with Crippen molar-refractivity contribution in [2.24, 2.45) is 10.9 Å². The van der Waals surface area contributed by atoms with Crippen LogP contribution in [0.25, 0.3) is 0 Å². The molecule has 1 aromatic rings. The number of rotatable bonds is 6. The zero-order chi connectivity index (χ0) is 18.2. The van der Waals surface area contributed by atoms with Crippen molar-refractivity contribution in [3.8, 4) is 5.75 Å². The quantitative estimate of drug-likeness (QED) is 0.601. The van der Waals surface area contributed by atoms with Gasteiger partial charge in [-0.25, -0.2) is 0 Å². The molecule has 2 heterocycles. The third-order valence-electron chi connectivity index (χ3n) is 5.37. The largest absolute Gasteiger partial charge is 0.493 e. The molecule has 1 unspecified atom stereocenters. The van der Waals surface area contributed by atoms with E-state index in [2.05, 4.69) is 32.7 Å². The fourth-order valence-corrected chi connectivity index (χ4v) is 3.73. The Morgan fingerprint density at radius 3 is 2.85 bits per heavy atom. The van der Waals surface area contributed by atoms with Crippen molar-refractivity contribution in [2.75, 3.05) is 53.6 Å². The molecule has 3 rings (SSSR count). The summed E-state index contributed by atoms with van der Waals surface area (Å²) in [6.07, 6.45) is 3.41. The summed E-state index contributed by atoms with van der Waals surface area (Å²) in [7, 11) is 3.61. The van der Waals surface area contributed by atoms with Crippen LogP contribution in [0.15, 0.2) is 29.3 Å². The van der Waals surface area contributed by atoms with E-state index in [0.29, 0.717) is 5.92 Å². The predicted octanol–water partition coefficient (Wildman–Crippen LogP) is 2.03. The van der Waals surface area contributed by atoms with Gasteiger partial charge in [0.2, 0.25) is 0 Å². The molecule has 1 atom stereocenters. The van der Waals surface area contributed by atoms with Crippen molar-refractivity contribution in [3.05, 3.63) is 29.8 Å². The van der Waals surface area contributed by atoms with Gasteiger partial charge in [-0.3, -0.25) is 4.99 Å². The van der Waals surface area contributed by atoms with Gasteiger partial charge < -0.3 is 25.0 Å². The lowest BCUT2D eigenvalue weighted by Gasteiger charge is -2.32. The number of nitrogens with zero attached hydrogens (tertiary/aromatic N) is 2. The van der Waals surface area contributed by atoms with Crippen LogP contribution in [-0.2, 0) is 4.74 Å². The molecule has 0 radical (unpaired) electrons. The Bertz CT molecular complexity index is 585. The third-order valence-corrected chi connectivity index (χ3v) is 5.37. The van der Waals surface area contributed by atoms with Crippen LogP contribution < -0.4 is 15.4 Å². The van der Waals surface area contributed by atoms with Crippen LogP contribution in [0.5, 0.6) is 5.75 Å². The van der Waals surface area contributed by atoms with Crippen LogP contribution in [-0.4, -0.2) is 64.4 Å². The summed E-state index contributed by atoms with van der Waals surface area (Å²) >= 11 is 0. The molecule has 0 bridgehead atoms. The molecular weight excluding hydrogens is 328 g/mol. The Hall–Kier alpha value is -1.79. The first kappa shape index (κ1) is 19.0. The number of piperidine rings is 1. The second-order valence-corrected chi connectivity index (χ2v) is 7.10. The van der Waals surface area contributed by atoms with E-state index in [-0.39, 0.29) is 6.04 Å². The minimum Gasteiger partial charge on any atom is -0.493 e. The van der Waals surface area contributed by atoms with Crippen molar-refractivity contribution in [1.82, 2.24) is 15.5 Å². The number of benzene rings is 1. The first-order valence-corrected chi connectivity index (χ1v) is 9.70. The van der Waals surface area contributed by atoms with Crippen molar-refractivity contribution in [1.29, 1.82) is 0 Å². The molecule has 2 aliphatic heterocycles. The Kier molecular flexibility index (Phi) is 7.14.